The van der Waals surface area contributed by atoms with Crippen molar-refractivity contribution >= 4 is 17.0 Å². The minimum absolute atomic E-state index is 0.730. The average molecular weight is 366 g/mol. The van der Waals surface area contributed by atoms with Gasteiger partial charge in [0.1, 0.15) is 12.7 Å². The first-order chi connectivity index (χ1) is 12.9. The molecule has 26 heavy (non-hydrogen) atoms. The molecule has 1 saturated heterocycles. The highest BCUT2D eigenvalue weighted by Gasteiger charge is 2.27. The number of fused-ring (bicyclic) bond motifs is 1. The first kappa shape index (κ1) is 16.0. The first-order valence-corrected chi connectivity index (χ1v) is 10.2. The molecule has 4 heterocycles. The van der Waals surface area contributed by atoms with E-state index in [1.165, 1.54) is 31.5 Å². The molecular weight excluding hydrogens is 342 g/mol. The van der Waals surface area contributed by atoms with Crippen molar-refractivity contribution in [2.24, 2.45) is 0 Å². The summed E-state index contributed by atoms with van der Waals surface area (Å²) in [5, 5.41) is 6.44. The van der Waals surface area contributed by atoms with E-state index in [9.17, 15) is 0 Å². The van der Waals surface area contributed by atoms with Crippen LogP contribution in [0.15, 0.2) is 48.4 Å². The van der Waals surface area contributed by atoms with Crippen molar-refractivity contribution in [3.63, 3.8) is 0 Å². The van der Waals surface area contributed by atoms with Gasteiger partial charge in [-0.1, -0.05) is 0 Å². The van der Waals surface area contributed by atoms with Crippen molar-refractivity contribution in [3.05, 3.63) is 58.8 Å². The molecule has 134 valence electrons. The maximum absolute atomic E-state index is 4.19. The number of nitrogens with zero attached hydrogens (tertiary/aromatic N) is 5. The van der Waals surface area contributed by atoms with E-state index in [-0.39, 0.29) is 0 Å². The van der Waals surface area contributed by atoms with Gasteiger partial charge in [0.15, 0.2) is 0 Å². The van der Waals surface area contributed by atoms with E-state index in [4.69, 9.17) is 0 Å². The maximum Gasteiger partial charge on any atom is 0.138 e. The smallest absolute Gasteiger partial charge is 0.138 e. The van der Waals surface area contributed by atoms with Crippen molar-refractivity contribution in [1.82, 2.24) is 19.7 Å². The molecule has 0 radical (unpaired) electrons. The molecule has 0 unspecified atom stereocenters. The molecule has 0 spiro atoms. The van der Waals surface area contributed by atoms with Gasteiger partial charge in [0.25, 0.3) is 0 Å². The standard InChI is InChI=1S/C20H23N5S/c1-3-19(25-15-21-14-22-25)4-2-17(1)23-9-5-18(6-10-23)24-11-7-20-16(13-24)8-12-26-20/h1-4,8,12,14-15,18H,5-7,9-11,13H2. The zero-order valence-corrected chi connectivity index (χ0v) is 15.6. The molecular formula is C20H23N5S. The van der Waals surface area contributed by atoms with Gasteiger partial charge in [-0.2, -0.15) is 5.10 Å². The van der Waals surface area contributed by atoms with Gasteiger partial charge in [-0.3, -0.25) is 4.90 Å². The van der Waals surface area contributed by atoms with Crippen molar-refractivity contribution in [2.45, 2.75) is 31.8 Å². The summed E-state index contributed by atoms with van der Waals surface area (Å²) in [6.45, 7) is 4.65. The lowest BCUT2D eigenvalue weighted by atomic mass is 9.99. The van der Waals surface area contributed by atoms with Crippen LogP contribution in [0.5, 0.6) is 0 Å². The second kappa shape index (κ2) is 6.85. The second-order valence-corrected chi connectivity index (χ2v) is 8.16. The van der Waals surface area contributed by atoms with Crippen LogP contribution < -0.4 is 4.90 Å². The van der Waals surface area contributed by atoms with Crippen molar-refractivity contribution < 1.29 is 0 Å². The van der Waals surface area contributed by atoms with Crippen LogP contribution >= 0.6 is 11.3 Å². The molecule has 6 heteroatoms. The topological polar surface area (TPSA) is 37.2 Å². The molecule has 0 N–H and O–H groups in total. The Labute approximate surface area is 157 Å². The fraction of sp³-hybridized carbons (Fsp3) is 0.400. The molecule has 3 aromatic rings. The van der Waals surface area contributed by atoms with Gasteiger partial charge in [0.2, 0.25) is 0 Å². The molecule has 1 fully saturated rings. The number of rotatable bonds is 3. The summed E-state index contributed by atoms with van der Waals surface area (Å²) in [6.07, 6.45) is 7.04. The lowest BCUT2D eigenvalue weighted by molar-refractivity contribution is 0.154. The molecule has 2 aromatic heterocycles. The van der Waals surface area contributed by atoms with Crippen LogP contribution in [0.3, 0.4) is 0 Å². The number of aromatic nitrogens is 3. The highest BCUT2D eigenvalue weighted by molar-refractivity contribution is 7.10. The predicted octanol–water partition coefficient (Wildman–Crippen LogP) is 3.36. The normalized spacial score (nSPS) is 18.8. The molecule has 5 nitrogen and oxygen atoms in total. The van der Waals surface area contributed by atoms with Gasteiger partial charge >= 0.3 is 0 Å². The summed E-state index contributed by atoms with van der Waals surface area (Å²) in [5.74, 6) is 0. The Morgan fingerprint density at radius 1 is 0.962 bits per heavy atom. The van der Waals surface area contributed by atoms with Crippen LogP contribution in [-0.4, -0.2) is 45.3 Å². The average Bonchev–Trinajstić information content (AvgIpc) is 3.39. The SMILES string of the molecule is c1ncn(-c2ccc(N3CCC(N4CCc5sccc5C4)CC3)cc2)n1. The summed E-state index contributed by atoms with van der Waals surface area (Å²) in [7, 11) is 0. The van der Waals surface area contributed by atoms with E-state index in [1.54, 1.807) is 27.8 Å². The van der Waals surface area contributed by atoms with E-state index >= 15 is 0 Å². The molecule has 0 saturated carbocycles. The van der Waals surface area contributed by atoms with Crippen LogP contribution in [-0.2, 0) is 13.0 Å². The number of benzene rings is 1. The largest absolute Gasteiger partial charge is 0.371 e. The van der Waals surface area contributed by atoms with Gasteiger partial charge < -0.3 is 4.90 Å². The summed E-state index contributed by atoms with van der Waals surface area (Å²) < 4.78 is 1.80. The molecule has 0 amide bonds. The van der Waals surface area contributed by atoms with Crippen molar-refractivity contribution in [1.29, 1.82) is 0 Å². The van der Waals surface area contributed by atoms with E-state index in [0.29, 0.717) is 0 Å². The summed E-state index contributed by atoms with van der Waals surface area (Å²) in [4.78, 5) is 10.8. The third kappa shape index (κ3) is 3.04. The van der Waals surface area contributed by atoms with Crippen LogP contribution in [0.1, 0.15) is 23.3 Å². The lowest BCUT2D eigenvalue weighted by Gasteiger charge is -2.41. The third-order valence-electron chi connectivity index (χ3n) is 5.72. The Morgan fingerprint density at radius 2 is 1.77 bits per heavy atom. The zero-order valence-electron chi connectivity index (χ0n) is 14.8. The Kier molecular flexibility index (Phi) is 4.22. The molecule has 0 aliphatic carbocycles. The fourth-order valence-electron chi connectivity index (χ4n) is 4.23. The predicted molar refractivity (Wildman–Crippen MR) is 105 cm³/mol. The highest BCUT2D eigenvalue weighted by Crippen LogP contribution is 2.29. The molecule has 2 aliphatic rings. The lowest BCUT2D eigenvalue weighted by Crippen LogP contribution is -2.46. The van der Waals surface area contributed by atoms with Gasteiger partial charge in [0.05, 0.1) is 5.69 Å². The number of thiophene rings is 1. The van der Waals surface area contributed by atoms with E-state index in [0.717, 1.165) is 31.4 Å². The minimum Gasteiger partial charge on any atom is -0.371 e. The molecule has 0 atom stereocenters. The molecule has 0 bridgehead atoms. The van der Waals surface area contributed by atoms with E-state index in [1.807, 2.05) is 11.3 Å². The molecule has 1 aromatic carbocycles. The Balaban J connectivity index is 1.21. The van der Waals surface area contributed by atoms with Crippen molar-refractivity contribution in [3.8, 4) is 5.69 Å². The van der Waals surface area contributed by atoms with Gasteiger partial charge in [-0.15, -0.1) is 11.3 Å². The van der Waals surface area contributed by atoms with Crippen LogP contribution in [0.25, 0.3) is 5.69 Å². The van der Waals surface area contributed by atoms with Gasteiger partial charge in [0, 0.05) is 42.8 Å². The Bertz CT molecular complexity index is 847. The van der Waals surface area contributed by atoms with Crippen LogP contribution in [0.2, 0.25) is 0 Å². The van der Waals surface area contributed by atoms with Crippen LogP contribution in [0, 0.1) is 0 Å². The first-order valence-electron chi connectivity index (χ1n) is 9.36. The fourth-order valence-corrected chi connectivity index (χ4v) is 5.12. The summed E-state index contributed by atoms with van der Waals surface area (Å²) in [5.41, 5.74) is 3.93. The van der Waals surface area contributed by atoms with E-state index < -0.39 is 0 Å². The molecule has 2 aliphatic heterocycles. The number of anilines is 1. The van der Waals surface area contributed by atoms with Crippen LogP contribution in [0.4, 0.5) is 5.69 Å². The number of hydrogen-bond donors (Lipinski definition) is 0. The van der Waals surface area contributed by atoms with Crippen molar-refractivity contribution in [2.75, 3.05) is 24.5 Å². The number of piperidine rings is 1. The van der Waals surface area contributed by atoms with E-state index in [2.05, 4.69) is 55.6 Å². The number of hydrogen-bond acceptors (Lipinski definition) is 5. The zero-order chi connectivity index (χ0) is 17.3. The second-order valence-electron chi connectivity index (χ2n) is 7.16. The third-order valence-corrected chi connectivity index (χ3v) is 6.74. The maximum atomic E-state index is 4.19. The quantitative estimate of drug-likeness (QED) is 0.713. The van der Waals surface area contributed by atoms with Gasteiger partial charge in [-0.25, -0.2) is 9.67 Å². The Morgan fingerprint density at radius 3 is 2.54 bits per heavy atom. The highest BCUT2D eigenvalue weighted by atomic mass is 32.1. The monoisotopic (exact) mass is 365 g/mol. The van der Waals surface area contributed by atoms with Gasteiger partial charge in [-0.05, 0) is 60.5 Å². The minimum atomic E-state index is 0.730. The Hall–Kier alpha value is -2.18. The molecule has 5 rings (SSSR count). The summed E-state index contributed by atoms with van der Waals surface area (Å²) >= 11 is 1.93. The summed E-state index contributed by atoms with van der Waals surface area (Å²) in [6, 6.07) is 11.7.